The number of sulfone groups is 1. The minimum atomic E-state index is -3.83. The molecule has 0 saturated heterocycles. The Morgan fingerprint density at radius 2 is 1.72 bits per heavy atom. The summed E-state index contributed by atoms with van der Waals surface area (Å²) in [6.45, 7) is 0.181. The van der Waals surface area contributed by atoms with Crippen LogP contribution in [0.15, 0.2) is 57.8 Å². The molecule has 0 aliphatic rings. The topological polar surface area (TPSA) is 104 Å². The monoisotopic (exact) mass is 479 g/mol. The first kappa shape index (κ1) is 23.5. The summed E-state index contributed by atoms with van der Waals surface area (Å²) in [7, 11) is 0.616. The van der Waals surface area contributed by atoms with Gasteiger partial charge in [0.05, 0.1) is 21.3 Å². The van der Waals surface area contributed by atoms with Crippen molar-refractivity contribution in [2.75, 3.05) is 21.3 Å². The molecule has 0 aliphatic heterocycles. The normalized spacial score (nSPS) is 11.1. The molecular weight excluding hydrogens is 458 g/mol. The Morgan fingerprint density at radius 1 is 0.969 bits per heavy atom. The summed E-state index contributed by atoms with van der Waals surface area (Å²) < 4.78 is 46.7. The van der Waals surface area contributed by atoms with Crippen LogP contribution in [0.4, 0.5) is 0 Å². The fraction of sp³-hybridized carbons (Fsp3) is 0.227. The molecule has 0 saturated carbocycles. The lowest BCUT2D eigenvalue weighted by Crippen LogP contribution is -2.22. The molecule has 0 spiro atoms. The van der Waals surface area contributed by atoms with Crippen LogP contribution in [-0.4, -0.2) is 35.7 Å². The second-order valence-corrected chi connectivity index (χ2v) is 9.08. The van der Waals surface area contributed by atoms with Gasteiger partial charge in [-0.2, -0.15) is 0 Å². The van der Waals surface area contributed by atoms with E-state index < -0.39 is 21.5 Å². The van der Waals surface area contributed by atoms with Crippen molar-refractivity contribution in [2.45, 2.75) is 17.2 Å². The molecule has 0 aliphatic carbocycles. The third-order valence-electron chi connectivity index (χ3n) is 4.61. The summed E-state index contributed by atoms with van der Waals surface area (Å²) in [5.74, 6) is 0.513. The quantitative estimate of drug-likeness (QED) is 0.496. The first-order valence-corrected chi connectivity index (χ1v) is 11.4. The maximum absolute atomic E-state index is 12.8. The second kappa shape index (κ2) is 9.97. The zero-order valence-corrected chi connectivity index (χ0v) is 19.2. The first-order valence-electron chi connectivity index (χ1n) is 9.41. The number of rotatable bonds is 9. The lowest BCUT2D eigenvalue weighted by atomic mass is 10.2. The Morgan fingerprint density at radius 3 is 2.41 bits per heavy atom. The van der Waals surface area contributed by atoms with Crippen molar-refractivity contribution < 1.29 is 31.8 Å². The molecular formula is C22H22ClNO7S. The number of ether oxygens (including phenoxy) is 3. The fourth-order valence-electron chi connectivity index (χ4n) is 3.00. The third-order valence-corrected chi connectivity index (χ3v) is 6.50. The molecule has 10 heteroatoms. The average molecular weight is 480 g/mol. The van der Waals surface area contributed by atoms with Crippen LogP contribution >= 0.6 is 11.6 Å². The first-order chi connectivity index (χ1) is 15.3. The molecule has 170 valence electrons. The lowest BCUT2D eigenvalue weighted by Gasteiger charge is -2.11. The fourth-order valence-corrected chi connectivity index (χ4v) is 4.68. The highest BCUT2D eigenvalue weighted by Gasteiger charge is 2.23. The number of carbonyl (C=O) groups is 1. The van der Waals surface area contributed by atoms with E-state index >= 15 is 0 Å². The van der Waals surface area contributed by atoms with Crippen LogP contribution in [0.1, 0.15) is 21.9 Å². The van der Waals surface area contributed by atoms with Crippen LogP contribution in [0.25, 0.3) is 0 Å². The van der Waals surface area contributed by atoms with E-state index in [0.717, 1.165) is 5.56 Å². The Labute approximate surface area is 191 Å². The number of amides is 1. The van der Waals surface area contributed by atoms with Gasteiger partial charge in [0, 0.05) is 23.2 Å². The molecule has 32 heavy (non-hydrogen) atoms. The average Bonchev–Trinajstić information content (AvgIpc) is 3.25. The van der Waals surface area contributed by atoms with Gasteiger partial charge in [-0.15, -0.1) is 0 Å². The van der Waals surface area contributed by atoms with Gasteiger partial charge in [-0.1, -0.05) is 11.6 Å². The number of hydrogen-bond donors (Lipinski definition) is 1. The molecule has 0 unspecified atom stereocenters. The molecule has 2 aromatic carbocycles. The summed E-state index contributed by atoms with van der Waals surface area (Å²) >= 11 is 5.94. The molecule has 3 aromatic rings. The van der Waals surface area contributed by atoms with Gasteiger partial charge in [0.15, 0.2) is 15.6 Å². The van der Waals surface area contributed by atoms with Gasteiger partial charge in [0.25, 0.3) is 5.91 Å². The highest BCUT2D eigenvalue weighted by Crippen LogP contribution is 2.30. The van der Waals surface area contributed by atoms with Crippen LogP contribution in [0.5, 0.6) is 17.2 Å². The van der Waals surface area contributed by atoms with E-state index in [1.165, 1.54) is 44.6 Å². The molecule has 1 aromatic heterocycles. The van der Waals surface area contributed by atoms with Crippen molar-refractivity contribution in [3.8, 4) is 17.2 Å². The summed E-state index contributed by atoms with van der Waals surface area (Å²) in [5, 5.41) is 2.98. The summed E-state index contributed by atoms with van der Waals surface area (Å²) in [6.07, 6.45) is 0. The van der Waals surface area contributed by atoms with E-state index in [1.54, 1.807) is 25.3 Å². The van der Waals surface area contributed by atoms with Gasteiger partial charge in [0.2, 0.25) is 0 Å². The summed E-state index contributed by atoms with van der Waals surface area (Å²) in [4.78, 5) is 12.4. The molecule has 1 heterocycles. The molecule has 0 fully saturated rings. The Kier molecular flexibility index (Phi) is 7.32. The highest BCUT2D eigenvalue weighted by molar-refractivity contribution is 7.90. The molecule has 0 atom stereocenters. The zero-order valence-electron chi connectivity index (χ0n) is 17.7. The summed E-state index contributed by atoms with van der Waals surface area (Å²) in [6, 6.07) is 12.4. The van der Waals surface area contributed by atoms with E-state index in [1.807, 2.05) is 0 Å². The predicted octanol–water partition coefficient (Wildman–Crippen LogP) is 3.86. The SMILES string of the molecule is COc1ccc(CNC(=O)c2ccc(CS(=O)(=O)c3cc(Cl)ccc3OC)o2)c(OC)c1. The number of furan rings is 1. The molecule has 1 N–H and O–H groups in total. The highest BCUT2D eigenvalue weighted by atomic mass is 35.5. The maximum Gasteiger partial charge on any atom is 0.287 e. The molecule has 0 bridgehead atoms. The van der Waals surface area contributed by atoms with Gasteiger partial charge in [-0.25, -0.2) is 8.42 Å². The van der Waals surface area contributed by atoms with Crippen molar-refractivity contribution >= 4 is 27.3 Å². The Hall–Kier alpha value is -3.17. The van der Waals surface area contributed by atoms with E-state index in [-0.39, 0.29) is 33.7 Å². The standard InChI is InChI=1S/C22H22ClNO7S/c1-28-16-6-4-14(20(11-16)30-3)12-24-22(25)19-9-7-17(31-19)13-32(26,27)21-10-15(23)5-8-18(21)29-2/h4-11H,12-13H2,1-3H3,(H,24,25). The van der Waals surface area contributed by atoms with E-state index in [4.69, 9.17) is 30.2 Å². The molecule has 0 radical (unpaired) electrons. The predicted molar refractivity (Wildman–Crippen MR) is 118 cm³/mol. The number of halogens is 1. The minimum absolute atomic E-state index is 0.0132. The van der Waals surface area contributed by atoms with E-state index in [2.05, 4.69) is 5.32 Å². The van der Waals surface area contributed by atoms with Gasteiger partial charge >= 0.3 is 0 Å². The minimum Gasteiger partial charge on any atom is -0.497 e. The maximum atomic E-state index is 12.8. The number of benzene rings is 2. The third kappa shape index (κ3) is 5.35. The number of carbonyl (C=O) groups excluding carboxylic acids is 1. The molecule has 1 amide bonds. The van der Waals surface area contributed by atoms with Crippen LogP contribution in [0.2, 0.25) is 5.02 Å². The Balaban J connectivity index is 1.71. The van der Waals surface area contributed by atoms with Crippen molar-refractivity contribution in [3.63, 3.8) is 0 Å². The van der Waals surface area contributed by atoms with Crippen molar-refractivity contribution in [1.82, 2.24) is 5.32 Å². The lowest BCUT2D eigenvalue weighted by molar-refractivity contribution is 0.0921. The second-order valence-electron chi connectivity index (χ2n) is 6.68. The van der Waals surface area contributed by atoms with Crippen molar-refractivity contribution in [3.05, 3.63) is 70.6 Å². The zero-order chi connectivity index (χ0) is 23.3. The van der Waals surface area contributed by atoms with Gasteiger partial charge < -0.3 is 23.9 Å². The van der Waals surface area contributed by atoms with Crippen molar-refractivity contribution in [2.24, 2.45) is 0 Å². The number of methoxy groups -OCH3 is 3. The largest absolute Gasteiger partial charge is 0.497 e. The number of hydrogen-bond acceptors (Lipinski definition) is 7. The van der Waals surface area contributed by atoms with Crippen molar-refractivity contribution in [1.29, 1.82) is 0 Å². The smallest absolute Gasteiger partial charge is 0.287 e. The van der Waals surface area contributed by atoms with Gasteiger partial charge in [0.1, 0.15) is 33.7 Å². The van der Waals surface area contributed by atoms with Gasteiger partial charge in [-0.3, -0.25) is 4.79 Å². The molecule has 3 rings (SSSR count). The van der Waals surface area contributed by atoms with E-state index in [0.29, 0.717) is 11.5 Å². The number of nitrogens with one attached hydrogen (secondary N) is 1. The molecule has 8 nitrogen and oxygen atoms in total. The van der Waals surface area contributed by atoms with Crippen LogP contribution < -0.4 is 19.5 Å². The van der Waals surface area contributed by atoms with Crippen LogP contribution in [0, 0.1) is 0 Å². The van der Waals surface area contributed by atoms with Gasteiger partial charge in [-0.05, 0) is 42.5 Å². The summed E-state index contributed by atoms with van der Waals surface area (Å²) in [5.41, 5.74) is 0.740. The van der Waals surface area contributed by atoms with E-state index in [9.17, 15) is 13.2 Å². The Bertz CT molecular complexity index is 1220. The van der Waals surface area contributed by atoms with Crippen LogP contribution in [0.3, 0.4) is 0 Å². The van der Waals surface area contributed by atoms with Crippen LogP contribution in [-0.2, 0) is 22.1 Å².